The zero-order valence-electron chi connectivity index (χ0n) is 14.3. The van der Waals surface area contributed by atoms with Crippen LogP contribution < -0.4 is 10.3 Å². The molecule has 6 heteroatoms. The fraction of sp³-hybridized carbons (Fsp3) is 0.0476. The highest BCUT2D eigenvalue weighted by molar-refractivity contribution is 5.91. The monoisotopic (exact) mass is 357 g/mol. The first-order valence-electron chi connectivity index (χ1n) is 8.39. The van der Waals surface area contributed by atoms with Crippen LogP contribution in [0.2, 0.25) is 0 Å². The van der Waals surface area contributed by atoms with Crippen molar-refractivity contribution in [2.45, 2.75) is 6.54 Å². The van der Waals surface area contributed by atoms with Gasteiger partial charge in [-0.05, 0) is 42.0 Å². The summed E-state index contributed by atoms with van der Waals surface area (Å²) in [5, 5.41) is 8.56. The van der Waals surface area contributed by atoms with Gasteiger partial charge in [-0.1, -0.05) is 47.7 Å². The summed E-state index contributed by atoms with van der Waals surface area (Å²) in [6.45, 7) is 0.211. The summed E-state index contributed by atoms with van der Waals surface area (Å²) in [5.41, 5.74) is 1.49. The van der Waals surface area contributed by atoms with Gasteiger partial charge in [0.25, 0.3) is 5.56 Å². The van der Waals surface area contributed by atoms with Crippen LogP contribution in [-0.2, 0) is 6.54 Å². The van der Waals surface area contributed by atoms with Gasteiger partial charge < -0.3 is 4.74 Å². The highest BCUT2D eigenvalue weighted by Crippen LogP contribution is 2.13. The molecule has 6 nitrogen and oxygen atoms in total. The van der Waals surface area contributed by atoms with E-state index in [-0.39, 0.29) is 12.1 Å². The Balaban J connectivity index is 1.59. The number of hydrogen-bond donors (Lipinski definition) is 0. The smallest absolute Gasteiger partial charge is 0.343 e. The number of carbonyl (C=O) groups excluding carboxylic acids is 1. The minimum Gasteiger partial charge on any atom is -0.423 e. The minimum atomic E-state index is -0.458. The van der Waals surface area contributed by atoms with Crippen LogP contribution in [0, 0.1) is 0 Å². The molecule has 132 valence electrons. The van der Waals surface area contributed by atoms with Gasteiger partial charge in [-0.3, -0.25) is 4.79 Å². The third kappa shape index (κ3) is 3.59. The largest absolute Gasteiger partial charge is 0.423 e. The number of benzene rings is 3. The molecule has 0 aliphatic heterocycles. The predicted octanol–water partition coefficient (Wildman–Crippen LogP) is 3.06. The average Bonchev–Trinajstić information content (AvgIpc) is 2.71. The fourth-order valence-corrected chi connectivity index (χ4v) is 2.75. The number of nitrogens with zero attached hydrogens (tertiary/aromatic N) is 3. The molecule has 0 saturated carbocycles. The van der Waals surface area contributed by atoms with Gasteiger partial charge in [0.2, 0.25) is 0 Å². The fourth-order valence-electron chi connectivity index (χ4n) is 2.75. The molecule has 0 amide bonds. The van der Waals surface area contributed by atoms with E-state index in [2.05, 4.69) is 10.3 Å². The maximum atomic E-state index is 12.6. The van der Waals surface area contributed by atoms with E-state index in [1.807, 2.05) is 18.2 Å². The first kappa shape index (κ1) is 16.7. The zero-order valence-corrected chi connectivity index (χ0v) is 14.3. The van der Waals surface area contributed by atoms with Crippen molar-refractivity contribution in [1.82, 2.24) is 15.0 Å². The maximum absolute atomic E-state index is 12.6. The van der Waals surface area contributed by atoms with E-state index in [9.17, 15) is 9.59 Å². The van der Waals surface area contributed by atoms with Crippen molar-refractivity contribution < 1.29 is 9.53 Å². The van der Waals surface area contributed by atoms with Gasteiger partial charge in [0, 0.05) is 0 Å². The van der Waals surface area contributed by atoms with Crippen molar-refractivity contribution in [3.8, 4) is 5.75 Å². The average molecular weight is 357 g/mol. The maximum Gasteiger partial charge on any atom is 0.343 e. The Labute approximate surface area is 154 Å². The molecular weight excluding hydrogens is 342 g/mol. The SMILES string of the molecule is O=C(Oc1ccccc1)c1cccc(Cn2nnc3ccccc3c2=O)c1. The van der Waals surface area contributed by atoms with Gasteiger partial charge in [-0.2, -0.15) is 0 Å². The summed E-state index contributed by atoms with van der Waals surface area (Å²) in [7, 11) is 0. The standard InChI is InChI=1S/C21H15N3O3/c25-20-18-11-4-5-12-19(18)22-23-24(20)14-15-7-6-8-16(13-15)21(26)27-17-9-2-1-3-10-17/h1-13H,14H2. The Hall–Kier alpha value is -3.80. The minimum absolute atomic E-state index is 0.211. The Kier molecular flexibility index (Phi) is 4.45. The number of fused-ring (bicyclic) bond motifs is 1. The van der Waals surface area contributed by atoms with Gasteiger partial charge >= 0.3 is 5.97 Å². The topological polar surface area (TPSA) is 74.1 Å². The van der Waals surface area contributed by atoms with Gasteiger partial charge in [-0.15, -0.1) is 5.10 Å². The van der Waals surface area contributed by atoms with Crippen molar-refractivity contribution >= 4 is 16.9 Å². The lowest BCUT2D eigenvalue weighted by Gasteiger charge is -2.07. The summed E-state index contributed by atoms with van der Waals surface area (Å²) in [5.74, 6) is 0.0181. The van der Waals surface area contributed by atoms with E-state index in [0.29, 0.717) is 22.2 Å². The van der Waals surface area contributed by atoms with E-state index < -0.39 is 5.97 Å². The number of rotatable bonds is 4. The van der Waals surface area contributed by atoms with Crippen molar-refractivity contribution in [2.24, 2.45) is 0 Å². The molecule has 4 aromatic rings. The van der Waals surface area contributed by atoms with E-state index in [1.54, 1.807) is 60.7 Å². The predicted molar refractivity (Wildman–Crippen MR) is 101 cm³/mol. The van der Waals surface area contributed by atoms with Gasteiger partial charge in [0.15, 0.2) is 0 Å². The molecule has 4 rings (SSSR count). The molecular formula is C21H15N3O3. The van der Waals surface area contributed by atoms with Crippen molar-refractivity contribution in [1.29, 1.82) is 0 Å². The van der Waals surface area contributed by atoms with Crippen LogP contribution >= 0.6 is 0 Å². The Morgan fingerprint density at radius 2 is 1.70 bits per heavy atom. The normalized spacial score (nSPS) is 10.7. The second kappa shape index (κ2) is 7.21. The molecule has 0 atom stereocenters. The second-order valence-electron chi connectivity index (χ2n) is 5.97. The molecule has 0 aliphatic carbocycles. The van der Waals surface area contributed by atoms with Crippen molar-refractivity contribution in [3.63, 3.8) is 0 Å². The van der Waals surface area contributed by atoms with Crippen LogP contribution in [0.4, 0.5) is 0 Å². The second-order valence-corrected chi connectivity index (χ2v) is 5.97. The van der Waals surface area contributed by atoms with Crippen molar-refractivity contribution in [2.75, 3.05) is 0 Å². The third-order valence-electron chi connectivity index (χ3n) is 4.08. The van der Waals surface area contributed by atoms with Crippen LogP contribution in [-0.4, -0.2) is 21.0 Å². The number of para-hydroxylation sites is 1. The summed E-state index contributed by atoms with van der Waals surface area (Å²) in [4.78, 5) is 24.9. The van der Waals surface area contributed by atoms with Gasteiger partial charge in [-0.25, -0.2) is 9.48 Å². The highest BCUT2D eigenvalue weighted by Gasteiger charge is 2.11. The number of hydrogen-bond acceptors (Lipinski definition) is 5. The zero-order chi connectivity index (χ0) is 18.6. The summed E-state index contributed by atoms with van der Waals surface area (Å²) >= 11 is 0. The van der Waals surface area contributed by atoms with Gasteiger partial charge in [0.1, 0.15) is 11.3 Å². The summed E-state index contributed by atoms with van der Waals surface area (Å²) < 4.78 is 6.63. The van der Waals surface area contributed by atoms with E-state index in [4.69, 9.17) is 4.74 Å². The Morgan fingerprint density at radius 1 is 0.926 bits per heavy atom. The summed E-state index contributed by atoms with van der Waals surface area (Å²) in [6.07, 6.45) is 0. The number of esters is 1. The molecule has 1 aromatic heterocycles. The van der Waals surface area contributed by atoms with Crippen LogP contribution in [0.5, 0.6) is 5.75 Å². The Bertz CT molecular complexity index is 1170. The van der Waals surface area contributed by atoms with E-state index in [1.165, 1.54) is 4.68 Å². The van der Waals surface area contributed by atoms with Crippen molar-refractivity contribution in [3.05, 3.63) is 100 Å². The van der Waals surface area contributed by atoms with Crippen LogP contribution in [0.25, 0.3) is 10.9 Å². The lowest BCUT2D eigenvalue weighted by molar-refractivity contribution is 0.0734. The number of ether oxygens (including phenoxy) is 1. The molecule has 1 heterocycles. The molecule has 0 bridgehead atoms. The lowest BCUT2D eigenvalue weighted by Crippen LogP contribution is -2.24. The quantitative estimate of drug-likeness (QED) is 0.414. The van der Waals surface area contributed by atoms with Gasteiger partial charge in [0.05, 0.1) is 17.5 Å². The molecule has 0 radical (unpaired) electrons. The van der Waals surface area contributed by atoms with Crippen LogP contribution in [0.1, 0.15) is 15.9 Å². The van der Waals surface area contributed by atoms with Crippen LogP contribution in [0.15, 0.2) is 83.7 Å². The molecule has 0 unspecified atom stereocenters. The summed E-state index contributed by atoms with van der Waals surface area (Å²) in [6, 6.07) is 22.9. The molecule has 3 aromatic carbocycles. The molecule has 0 N–H and O–H groups in total. The molecule has 0 saturated heterocycles. The van der Waals surface area contributed by atoms with Crippen LogP contribution in [0.3, 0.4) is 0 Å². The van der Waals surface area contributed by atoms with E-state index >= 15 is 0 Å². The number of carbonyl (C=O) groups is 1. The first-order valence-corrected chi connectivity index (χ1v) is 8.39. The third-order valence-corrected chi connectivity index (χ3v) is 4.08. The number of aromatic nitrogens is 3. The highest BCUT2D eigenvalue weighted by atomic mass is 16.5. The molecule has 0 aliphatic rings. The lowest BCUT2D eigenvalue weighted by atomic mass is 10.1. The first-order chi connectivity index (χ1) is 13.2. The molecule has 27 heavy (non-hydrogen) atoms. The molecule has 0 spiro atoms. The molecule has 0 fully saturated rings. The van der Waals surface area contributed by atoms with E-state index in [0.717, 1.165) is 5.56 Å². The Morgan fingerprint density at radius 3 is 2.56 bits per heavy atom.